The van der Waals surface area contributed by atoms with Crippen molar-refractivity contribution >= 4 is 23.9 Å². The van der Waals surface area contributed by atoms with Crippen molar-refractivity contribution in [2.45, 2.75) is 47.6 Å². The van der Waals surface area contributed by atoms with Gasteiger partial charge in [0.25, 0.3) is 6.47 Å². The minimum Gasteiger partial charge on any atom is -0.489 e. The zero-order valence-corrected chi connectivity index (χ0v) is 20.5. The largest absolute Gasteiger partial charge is 0.489 e. The monoisotopic (exact) mass is 464 g/mol. The highest BCUT2D eigenvalue weighted by Crippen LogP contribution is 2.32. The average molecular weight is 465 g/mol. The number of ketones is 1. The maximum absolute atomic E-state index is 12.7. The van der Waals surface area contributed by atoms with Gasteiger partial charge in [0.2, 0.25) is 0 Å². The molecule has 0 heterocycles. The van der Waals surface area contributed by atoms with Crippen LogP contribution >= 0.6 is 11.6 Å². The third kappa shape index (κ3) is 6.23. The van der Waals surface area contributed by atoms with Gasteiger partial charge in [0, 0.05) is 12.0 Å². The maximum atomic E-state index is 12.7. The van der Waals surface area contributed by atoms with Gasteiger partial charge in [-0.05, 0) is 77.4 Å². The topological polar surface area (TPSA) is 52.6 Å². The van der Waals surface area contributed by atoms with Crippen molar-refractivity contribution in [2.24, 2.45) is 5.41 Å². The first-order chi connectivity index (χ1) is 15.6. The van der Waals surface area contributed by atoms with Crippen molar-refractivity contribution in [3.63, 3.8) is 0 Å². The summed E-state index contributed by atoms with van der Waals surface area (Å²) in [6, 6.07) is 17.0. The molecule has 5 heteroatoms. The normalized spacial score (nSPS) is 11.2. The van der Waals surface area contributed by atoms with Gasteiger partial charge in [-0.1, -0.05) is 56.6 Å². The average Bonchev–Trinajstić information content (AvgIpc) is 2.75. The predicted octanol–water partition coefficient (Wildman–Crippen LogP) is 7.36. The second kappa shape index (κ2) is 10.2. The minimum atomic E-state index is -0.0537. The van der Waals surface area contributed by atoms with Crippen LogP contribution in [0.1, 0.15) is 54.2 Å². The third-order valence-electron chi connectivity index (χ3n) is 5.49. The van der Waals surface area contributed by atoms with Gasteiger partial charge in [-0.2, -0.15) is 0 Å². The highest BCUT2D eigenvalue weighted by Gasteiger charge is 2.20. The van der Waals surface area contributed by atoms with Gasteiger partial charge in [-0.25, -0.2) is 0 Å². The highest BCUT2D eigenvalue weighted by molar-refractivity contribution is 6.32. The molecule has 0 aliphatic carbocycles. The molecule has 0 aromatic heterocycles. The molecule has 172 valence electrons. The lowest BCUT2D eigenvalue weighted by Crippen LogP contribution is -2.14. The molecule has 3 aromatic carbocycles. The molecule has 0 atom stereocenters. The van der Waals surface area contributed by atoms with E-state index in [4.69, 9.17) is 21.1 Å². The Morgan fingerprint density at radius 1 is 0.939 bits per heavy atom. The zero-order chi connectivity index (χ0) is 24.2. The van der Waals surface area contributed by atoms with Crippen LogP contribution < -0.4 is 9.47 Å². The van der Waals surface area contributed by atoms with Gasteiger partial charge in [-0.15, -0.1) is 0 Å². The summed E-state index contributed by atoms with van der Waals surface area (Å²) in [5.74, 6) is 1.24. The number of ether oxygens (including phenoxy) is 2. The number of hydrogen-bond donors (Lipinski definition) is 0. The van der Waals surface area contributed by atoms with Crippen LogP contribution in [-0.2, 0) is 11.4 Å². The summed E-state index contributed by atoms with van der Waals surface area (Å²) in [4.78, 5) is 23.4. The molecule has 33 heavy (non-hydrogen) atoms. The number of hydrogen-bond acceptors (Lipinski definition) is 4. The quantitative estimate of drug-likeness (QED) is 0.258. The number of benzene rings is 3. The molecule has 0 aliphatic rings. The van der Waals surface area contributed by atoms with Crippen molar-refractivity contribution < 1.29 is 19.1 Å². The van der Waals surface area contributed by atoms with Crippen LogP contribution in [0.2, 0.25) is 5.02 Å². The van der Waals surface area contributed by atoms with Crippen molar-refractivity contribution in [1.29, 1.82) is 0 Å². The number of carbonyl (C=O) groups is 2. The zero-order valence-electron chi connectivity index (χ0n) is 19.7. The molecule has 0 amide bonds. The van der Waals surface area contributed by atoms with E-state index in [0.29, 0.717) is 30.3 Å². The fourth-order valence-corrected chi connectivity index (χ4v) is 3.82. The molecule has 0 aliphatic heterocycles. The molecule has 0 unspecified atom stereocenters. The van der Waals surface area contributed by atoms with Crippen molar-refractivity contribution in [3.05, 3.63) is 81.9 Å². The predicted molar refractivity (Wildman–Crippen MR) is 132 cm³/mol. The first-order valence-electron chi connectivity index (χ1n) is 10.8. The third-order valence-corrected chi connectivity index (χ3v) is 5.80. The summed E-state index contributed by atoms with van der Waals surface area (Å²) >= 11 is 6.08. The Kier molecular flexibility index (Phi) is 7.60. The molecule has 0 bridgehead atoms. The van der Waals surface area contributed by atoms with E-state index >= 15 is 0 Å². The summed E-state index contributed by atoms with van der Waals surface area (Å²) in [5.41, 5.74) is 5.46. The smallest absolute Gasteiger partial charge is 0.298 e. The van der Waals surface area contributed by atoms with Crippen LogP contribution in [0.15, 0.2) is 54.6 Å². The van der Waals surface area contributed by atoms with Gasteiger partial charge >= 0.3 is 0 Å². The van der Waals surface area contributed by atoms with E-state index in [1.165, 1.54) is 0 Å². The summed E-state index contributed by atoms with van der Waals surface area (Å²) in [6.07, 6.45) is 0.505. The summed E-state index contributed by atoms with van der Waals surface area (Å²) in [5, 5.41) is 0.376. The molecule has 0 spiro atoms. The molecule has 4 nitrogen and oxygen atoms in total. The van der Waals surface area contributed by atoms with E-state index in [0.717, 1.165) is 39.1 Å². The Morgan fingerprint density at radius 3 is 2.36 bits per heavy atom. The van der Waals surface area contributed by atoms with E-state index in [2.05, 4.69) is 20.8 Å². The summed E-state index contributed by atoms with van der Waals surface area (Å²) in [6.45, 7) is 10.9. The van der Waals surface area contributed by atoms with Crippen LogP contribution in [-0.4, -0.2) is 12.3 Å². The second-order valence-electron chi connectivity index (χ2n) is 9.37. The molecule has 0 N–H and O–H groups in total. The van der Waals surface area contributed by atoms with Gasteiger partial charge < -0.3 is 9.47 Å². The lowest BCUT2D eigenvalue weighted by molar-refractivity contribution is -0.120. The SMILES string of the molecule is Cc1c(OCc2cccc(-c3ccc(Cl)c(OC=O)c3)c2)ccc(C(=O)CC(C)(C)C)c1C. The molecular formula is C28H29ClO4. The molecule has 3 aromatic rings. The van der Waals surface area contributed by atoms with E-state index in [9.17, 15) is 9.59 Å². The minimum absolute atomic E-state index is 0.0537. The Hall–Kier alpha value is -3.11. The van der Waals surface area contributed by atoms with Crippen molar-refractivity contribution in [1.82, 2.24) is 0 Å². The summed E-state index contributed by atoms with van der Waals surface area (Å²) in [7, 11) is 0. The van der Waals surface area contributed by atoms with E-state index < -0.39 is 0 Å². The number of Topliss-reactive ketones (excluding diaryl/α,β-unsaturated/α-hetero) is 1. The Labute approximate surface area is 200 Å². The number of carbonyl (C=O) groups excluding carboxylic acids is 2. The van der Waals surface area contributed by atoms with Crippen molar-refractivity contribution in [2.75, 3.05) is 0 Å². The van der Waals surface area contributed by atoms with Crippen molar-refractivity contribution in [3.8, 4) is 22.6 Å². The van der Waals surface area contributed by atoms with Gasteiger partial charge in [0.1, 0.15) is 18.1 Å². The molecule has 0 fully saturated rings. The molecular weight excluding hydrogens is 436 g/mol. The lowest BCUT2D eigenvalue weighted by Gasteiger charge is -2.19. The fourth-order valence-electron chi connectivity index (χ4n) is 3.66. The number of rotatable bonds is 8. The Morgan fingerprint density at radius 2 is 1.67 bits per heavy atom. The van der Waals surface area contributed by atoms with Crippen LogP contribution in [0.4, 0.5) is 0 Å². The first kappa shape index (κ1) is 24.5. The van der Waals surface area contributed by atoms with Gasteiger partial charge in [0.05, 0.1) is 5.02 Å². The highest BCUT2D eigenvalue weighted by atomic mass is 35.5. The maximum Gasteiger partial charge on any atom is 0.298 e. The van der Waals surface area contributed by atoms with E-state index in [1.807, 2.05) is 56.3 Å². The standard InChI is InChI=1S/C28H29ClO4/c1-18-19(2)26(12-10-23(18)25(31)15-28(3,4)5)32-16-20-7-6-8-21(13-20)22-9-11-24(29)27(14-22)33-17-30/h6-14,17H,15-16H2,1-5H3. The lowest BCUT2D eigenvalue weighted by atomic mass is 9.86. The Balaban J connectivity index is 1.77. The van der Waals surface area contributed by atoms with E-state index in [-0.39, 0.29) is 11.2 Å². The van der Waals surface area contributed by atoms with Gasteiger partial charge in [-0.3, -0.25) is 9.59 Å². The molecule has 0 radical (unpaired) electrons. The summed E-state index contributed by atoms with van der Waals surface area (Å²) < 4.78 is 11.1. The molecule has 0 saturated heterocycles. The van der Waals surface area contributed by atoms with Crippen LogP contribution in [0, 0.1) is 19.3 Å². The van der Waals surface area contributed by atoms with Crippen LogP contribution in [0.5, 0.6) is 11.5 Å². The molecule has 0 saturated carbocycles. The second-order valence-corrected chi connectivity index (χ2v) is 9.78. The number of halogens is 1. The van der Waals surface area contributed by atoms with Crippen LogP contribution in [0.25, 0.3) is 11.1 Å². The van der Waals surface area contributed by atoms with Crippen LogP contribution in [0.3, 0.4) is 0 Å². The molecule has 3 rings (SSSR count). The van der Waals surface area contributed by atoms with E-state index in [1.54, 1.807) is 12.1 Å². The Bertz CT molecular complexity index is 1180. The first-order valence-corrected chi connectivity index (χ1v) is 11.2. The van der Waals surface area contributed by atoms with Gasteiger partial charge in [0.15, 0.2) is 5.78 Å². The fraction of sp³-hybridized carbons (Fsp3) is 0.286.